The van der Waals surface area contributed by atoms with Crippen molar-refractivity contribution >= 4 is 43.6 Å². The minimum absolute atomic E-state index is 0.0255. The lowest BCUT2D eigenvalue weighted by Gasteiger charge is -2.23. The number of nitrogens with zero attached hydrogens (tertiary/aromatic N) is 2. The van der Waals surface area contributed by atoms with Crippen LogP contribution < -0.4 is 19.8 Å². The van der Waals surface area contributed by atoms with Crippen LogP contribution in [-0.4, -0.2) is 24.1 Å². The number of methoxy groups -OCH3 is 1. The molecule has 0 saturated carbocycles. The summed E-state index contributed by atoms with van der Waals surface area (Å²) in [5.74, 6) is 1.07. The van der Waals surface area contributed by atoms with Gasteiger partial charge in [-0.25, -0.2) is 4.98 Å². The smallest absolute Gasteiger partial charge is 0.297 e. The van der Waals surface area contributed by atoms with Crippen molar-refractivity contribution in [3.8, 4) is 11.5 Å². The third-order valence-corrected chi connectivity index (χ3v) is 7.40. The standard InChI is InChI=1S/C29H24N2O5S/c1-15(2)35-18-8-6-17(7-9-18)25-24-26(32)20-13-16(3)5-12-22(20)36-27(24)28(33)31(25)29-30-21-11-10-19(34-4)14-23(21)37-29/h5-15,25H,1-4H3/t25-/m0/s1. The average molecular weight is 513 g/mol. The molecule has 0 unspecified atom stereocenters. The van der Waals surface area contributed by atoms with Crippen LogP contribution in [0.5, 0.6) is 11.5 Å². The van der Waals surface area contributed by atoms with Gasteiger partial charge in [-0.05, 0) is 68.8 Å². The molecule has 0 spiro atoms. The summed E-state index contributed by atoms with van der Waals surface area (Å²) in [5.41, 5.74) is 2.93. The van der Waals surface area contributed by atoms with Crippen LogP contribution in [0.2, 0.25) is 0 Å². The van der Waals surface area contributed by atoms with E-state index in [9.17, 15) is 9.59 Å². The van der Waals surface area contributed by atoms with E-state index in [0.717, 1.165) is 21.3 Å². The predicted molar refractivity (Wildman–Crippen MR) is 144 cm³/mol. The fourth-order valence-corrected chi connectivity index (χ4v) is 5.74. The number of carbonyl (C=O) groups is 1. The molecular weight excluding hydrogens is 488 g/mol. The van der Waals surface area contributed by atoms with E-state index in [-0.39, 0.29) is 17.3 Å². The Balaban J connectivity index is 1.57. The fraction of sp³-hybridized carbons (Fsp3) is 0.207. The fourth-order valence-electron chi connectivity index (χ4n) is 4.72. The van der Waals surface area contributed by atoms with E-state index < -0.39 is 11.9 Å². The van der Waals surface area contributed by atoms with E-state index >= 15 is 0 Å². The van der Waals surface area contributed by atoms with Crippen molar-refractivity contribution in [3.63, 3.8) is 0 Å². The monoisotopic (exact) mass is 512 g/mol. The molecule has 0 N–H and O–H groups in total. The molecule has 7 nitrogen and oxygen atoms in total. The van der Waals surface area contributed by atoms with Crippen LogP contribution in [0.1, 0.15) is 47.1 Å². The van der Waals surface area contributed by atoms with Crippen molar-refractivity contribution in [2.75, 3.05) is 12.0 Å². The third-order valence-electron chi connectivity index (χ3n) is 6.38. The van der Waals surface area contributed by atoms with Gasteiger partial charge in [0.05, 0.1) is 40.4 Å². The lowest BCUT2D eigenvalue weighted by atomic mass is 9.98. The first-order valence-electron chi connectivity index (χ1n) is 12.0. The first-order valence-corrected chi connectivity index (χ1v) is 12.8. The van der Waals surface area contributed by atoms with Crippen LogP contribution in [0.25, 0.3) is 21.2 Å². The summed E-state index contributed by atoms with van der Waals surface area (Å²) >= 11 is 1.37. The minimum atomic E-state index is -0.695. The van der Waals surface area contributed by atoms with Gasteiger partial charge in [0.2, 0.25) is 5.76 Å². The highest BCUT2D eigenvalue weighted by atomic mass is 32.1. The van der Waals surface area contributed by atoms with Gasteiger partial charge < -0.3 is 13.9 Å². The maximum atomic E-state index is 13.9. The normalized spacial score (nSPS) is 15.1. The second kappa shape index (κ2) is 8.74. The SMILES string of the molecule is COc1ccc2nc(N3C(=O)c4oc5ccc(C)cc5c(=O)c4[C@@H]3c3ccc(OC(C)C)cc3)sc2c1. The van der Waals surface area contributed by atoms with Crippen LogP contribution in [0.3, 0.4) is 0 Å². The quantitative estimate of drug-likeness (QED) is 0.277. The minimum Gasteiger partial charge on any atom is -0.497 e. The Labute approximate surface area is 216 Å². The molecule has 8 heteroatoms. The van der Waals surface area contributed by atoms with Crippen LogP contribution >= 0.6 is 11.3 Å². The highest BCUT2D eigenvalue weighted by molar-refractivity contribution is 7.22. The molecule has 6 rings (SSSR count). The topological polar surface area (TPSA) is 81.9 Å². The molecule has 0 radical (unpaired) electrons. The number of fused-ring (bicyclic) bond motifs is 3. The number of aromatic nitrogens is 1. The molecule has 1 aliphatic heterocycles. The summed E-state index contributed by atoms with van der Waals surface area (Å²) in [4.78, 5) is 34.0. The first-order chi connectivity index (χ1) is 17.8. The number of ether oxygens (including phenoxy) is 2. The van der Waals surface area contributed by atoms with Gasteiger partial charge in [-0.2, -0.15) is 0 Å². The number of anilines is 1. The molecule has 0 fully saturated rings. The molecule has 37 heavy (non-hydrogen) atoms. The molecule has 0 saturated heterocycles. The van der Waals surface area contributed by atoms with Crippen molar-refractivity contribution in [3.05, 3.63) is 93.3 Å². The molecule has 0 aliphatic carbocycles. The second-order valence-electron chi connectivity index (χ2n) is 9.32. The molecule has 3 heterocycles. The van der Waals surface area contributed by atoms with E-state index in [4.69, 9.17) is 18.9 Å². The van der Waals surface area contributed by atoms with Gasteiger partial charge in [-0.1, -0.05) is 35.1 Å². The number of amides is 1. The van der Waals surface area contributed by atoms with Crippen molar-refractivity contribution in [1.82, 2.24) is 4.98 Å². The summed E-state index contributed by atoms with van der Waals surface area (Å²) < 4.78 is 18.1. The van der Waals surface area contributed by atoms with Gasteiger partial charge >= 0.3 is 0 Å². The van der Waals surface area contributed by atoms with Crippen LogP contribution in [0, 0.1) is 6.92 Å². The van der Waals surface area contributed by atoms with Gasteiger partial charge in [0.1, 0.15) is 17.1 Å². The summed E-state index contributed by atoms with van der Waals surface area (Å²) in [6.07, 6.45) is 0.0255. The van der Waals surface area contributed by atoms with Crippen molar-refractivity contribution in [1.29, 1.82) is 0 Å². The van der Waals surface area contributed by atoms with Gasteiger partial charge in [0.15, 0.2) is 10.6 Å². The van der Waals surface area contributed by atoms with Crippen molar-refractivity contribution < 1.29 is 18.7 Å². The Hall–Kier alpha value is -4.17. The lowest BCUT2D eigenvalue weighted by Crippen LogP contribution is -2.29. The lowest BCUT2D eigenvalue weighted by molar-refractivity contribution is 0.0971. The van der Waals surface area contributed by atoms with E-state index in [0.29, 0.717) is 33.2 Å². The molecule has 1 aliphatic rings. The summed E-state index contributed by atoms with van der Waals surface area (Å²) in [7, 11) is 1.61. The zero-order valence-electron chi connectivity index (χ0n) is 20.8. The first kappa shape index (κ1) is 23.2. The second-order valence-corrected chi connectivity index (χ2v) is 10.3. The number of rotatable bonds is 5. The molecule has 3 aromatic carbocycles. The Kier molecular flexibility index (Phi) is 5.49. The Morgan fingerprint density at radius 1 is 1.00 bits per heavy atom. The number of benzene rings is 3. The van der Waals surface area contributed by atoms with Crippen LogP contribution in [-0.2, 0) is 0 Å². The molecule has 2 aromatic heterocycles. The average Bonchev–Trinajstić information content (AvgIpc) is 3.42. The van der Waals surface area contributed by atoms with Crippen LogP contribution in [0.4, 0.5) is 5.13 Å². The van der Waals surface area contributed by atoms with E-state index in [2.05, 4.69) is 0 Å². The van der Waals surface area contributed by atoms with E-state index in [1.54, 1.807) is 24.1 Å². The summed E-state index contributed by atoms with van der Waals surface area (Å²) in [5, 5.41) is 0.930. The number of hydrogen-bond donors (Lipinski definition) is 0. The maximum Gasteiger partial charge on any atom is 0.297 e. The number of aryl methyl sites for hydroxylation is 1. The van der Waals surface area contributed by atoms with Gasteiger partial charge in [0.25, 0.3) is 5.91 Å². The van der Waals surface area contributed by atoms with Crippen molar-refractivity contribution in [2.24, 2.45) is 0 Å². The largest absolute Gasteiger partial charge is 0.497 e. The molecule has 1 atom stereocenters. The zero-order chi connectivity index (χ0) is 25.8. The highest BCUT2D eigenvalue weighted by Crippen LogP contribution is 2.44. The summed E-state index contributed by atoms with van der Waals surface area (Å²) in [6, 6.07) is 17.7. The van der Waals surface area contributed by atoms with E-state index in [1.165, 1.54) is 11.3 Å². The Morgan fingerprint density at radius 3 is 2.49 bits per heavy atom. The van der Waals surface area contributed by atoms with Gasteiger partial charge in [-0.15, -0.1) is 0 Å². The summed E-state index contributed by atoms with van der Waals surface area (Å²) in [6.45, 7) is 5.84. The zero-order valence-corrected chi connectivity index (χ0v) is 21.6. The highest BCUT2D eigenvalue weighted by Gasteiger charge is 2.45. The van der Waals surface area contributed by atoms with Crippen molar-refractivity contribution in [2.45, 2.75) is 32.9 Å². The molecule has 1 amide bonds. The van der Waals surface area contributed by atoms with Gasteiger partial charge in [0, 0.05) is 0 Å². The van der Waals surface area contributed by atoms with Gasteiger partial charge in [-0.3, -0.25) is 14.5 Å². The number of thiazole rings is 1. The predicted octanol–water partition coefficient (Wildman–Crippen LogP) is 6.26. The Morgan fingerprint density at radius 2 is 1.76 bits per heavy atom. The molecule has 5 aromatic rings. The molecular formula is C29H24N2O5S. The van der Waals surface area contributed by atoms with Crippen LogP contribution in [0.15, 0.2) is 69.9 Å². The number of carbonyl (C=O) groups excluding carboxylic acids is 1. The Bertz CT molecular complexity index is 1740. The number of hydrogen-bond acceptors (Lipinski definition) is 7. The molecule has 0 bridgehead atoms. The van der Waals surface area contributed by atoms with E-state index in [1.807, 2.05) is 69.3 Å². The third kappa shape index (κ3) is 3.84. The molecule has 186 valence electrons. The maximum absolute atomic E-state index is 13.9.